The van der Waals surface area contributed by atoms with Gasteiger partial charge in [0.1, 0.15) is 13.2 Å². The molecule has 0 aromatic rings. The summed E-state index contributed by atoms with van der Waals surface area (Å²) < 4.78 is 23.5. The Labute approximate surface area is 521 Å². The van der Waals surface area contributed by atoms with E-state index in [1.165, 1.54) is 205 Å². The number of unbranched alkanes of at least 4 members (excludes halogenated alkanes) is 36. The number of nitrogens with one attached hydrogen (secondary N) is 1. The van der Waals surface area contributed by atoms with Crippen LogP contribution in [0.2, 0.25) is 0 Å². The molecule has 3 unspecified atom stereocenters. The first kappa shape index (κ1) is 81.4. The van der Waals surface area contributed by atoms with Crippen molar-refractivity contribution in [1.29, 1.82) is 0 Å². The molecule has 1 amide bonds. The van der Waals surface area contributed by atoms with Crippen LogP contribution < -0.4 is 10.2 Å². The molecule has 0 aliphatic rings. The highest BCUT2D eigenvalue weighted by Crippen LogP contribution is 2.38. The van der Waals surface area contributed by atoms with Crippen molar-refractivity contribution >= 4 is 13.7 Å². The van der Waals surface area contributed by atoms with Crippen LogP contribution in [-0.2, 0) is 18.4 Å². The Kier molecular flexibility index (Phi) is 62.9. The predicted octanol–water partition coefficient (Wildman–Crippen LogP) is 22.3. The van der Waals surface area contributed by atoms with Crippen LogP contribution in [0.4, 0.5) is 0 Å². The fraction of sp³-hybridized carbons (Fsp3) is 0.773. The molecular weight excluding hydrogens is 1060 g/mol. The summed E-state index contributed by atoms with van der Waals surface area (Å²) in [5.74, 6) is -0.163. The Bertz CT molecular complexity index is 1690. The van der Waals surface area contributed by atoms with Gasteiger partial charge in [-0.1, -0.05) is 336 Å². The van der Waals surface area contributed by atoms with Crippen molar-refractivity contribution in [2.24, 2.45) is 0 Å². The minimum atomic E-state index is -4.58. The van der Waals surface area contributed by atoms with Gasteiger partial charge in [0.05, 0.1) is 39.9 Å². The summed E-state index contributed by atoms with van der Waals surface area (Å²) in [5.41, 5.74) is 0. The van der Waals surface area contributed by atoms with Crippen LogP contribution in [0.5, 0.6) is 0 Å². The molecule has 9 heteroatoms. The SMILES string of the molecule is CC/C=C\C/C=C\C/C=C\C/C=C\C/C=C\C/C=C\C/C=C\C/C=C\CCCCCCCCCCCCCCCCCCC(=O)NC(COP(=O)([O-])OCC[N+](C)(C)C)C(O)CCCCCCCCCCCCCCCCCCCCCCC. The minimum Gasteiger partial charge on any atom is -0.756 e. The Hall–Kier alpha value is -2.58. The van der Waals surface area contributed by atoms with Gasteiger partial charge in [-0.3, -0.25) is 9.36 Å². The fourth-order valence-corrected chi connectivity index (χ4v) is 11.1. The number of phosphoric acid groups is 1. The van der Waals surface area contributed by atoms with Crippen LogP contribution in [0.15, 0.2) is 97.2 Å². The van der Waals surface area contributed by atoms with E-state index < -0.39 is 20.0 Å². The maximum Gasteiger partial charge on any atom is 0.268 e. The number of aliphatic hydroxyl groups is 1. The Morgan fingerprint density at radius 3 is 1.06 bits per heavy atom. The van der Waals surface area contributed by atoms with E-state index in [0.29, 0.717) is 23.9 Å². The molecule has 0 spiro atoms. The minimum absolute atomic E-state index is 0.0108. The highest BCUT2D eigenvalue weighted by molar-refractivity contribution is 7.45. The van der Waals surface area contributed by atoms with Crippen molar-refractivity contribution in [3.63, 3.8) is 0 Å². The van der Waals surface area contributed by atoms with E-state index in [-0.39, 0.29) is 19.1 Å². The molecule has 2 N–H and O–H groups in total. The van der Waals surface area contributed by atoms with E-state index >= 15 is 0 Å². The number of carbonyl (C=O) groups excluding carboxylic acids is 1. The van der Waals surface area contributed by atoms with Crippen LogP contribution in [-0.4, -0.2) is 68.5 Å². The van der Waals surface area contributed by atoms with Crippen molar-refractivity contribution in [1.82, 2.24) is 5.32 Å². The standard InChI is InChI=1S/C75H137N2O6P/c1-6-8-10-12-14-16-18-20-22-24-26-28-29-30-31-32-33-34-35-36-37-38-39-40-41-42-43-44-45-46-47-49-51-53-55-57-59-61-63-65-67-69-75(79)76-73(72-83-84(80,81)82-71-70-77(3,4)5)74(78)68-66-64-62-60-58-56-54-52-50-48-27-25-23-21-19-17-15-13-11-9-7-2/h8,10,14,16,20,22,26,28,30-31,33-34,36-37,39-40,73-74,78H,6-7,9,11-13,15,17-19,21,23-25,27,29,32,35,38,41-72H2,1-5H3,(H-,76,79,80,81)/b10-8-,16-14-,22-20-,28-26-,31-30-,34-33-,37-36-,40-39-. The summed E-state index contributed by atoms with van der Waals surface area (Å²) in [6, 6.07) is -0.805. The fourth-order valence-electron chi connectivity index (χ4n) is 10.4. The lowest BCUT2D eigenvalue weighted by atomic mass is 10.0. The molecule has 0 bridgehead atoms. The smallest absolute Gasteiger partial charge is 0.268 e. The van der Waals surface area contributed by atoms with E-state index in [1.807, 2.05) is 21.1 Å². The molecule has 0 saturated carbocycles. The molecule has 0 aliphatic carbocycles. The average molecular weight is 1190 g/mol. The lowest BCUT2D eigenvalue weighted by molar-refractivity contribution is -0.870. The quantitative estimate of drug-likeness (QED) is 0.0272. The molecule has 84 heavy (non-hydrogen) atoms. The van der Waals surface area contributed by atoms with Crippen LogP contribution in [0, 0.1) is 0 Å². The van der Waals surface area contributed by atoms with E-state index in [2.05, 4.69) is 116 Å². The molecular formula is C75H137N2O6P. The summed E-state index contributed by atoms with van der Waals surface area (Å²) in [4.78, 5) is 25.7. The third-order valence-corrected chi connectivity index (χ3v) is 16.8. The second-order valence-electron chi connectivity index (χ2n) is 25.2. The van der Waals surface area contributed by atoms with Gasteiger partial charge in [-0.2, -0.15) is 0 Å². The molecule has 0 aliphatic heterocycles. The highest BCUT2D eigenvalue weighted by Gasteiger charge is 2.24. The first-order chi connectivity index (χ1) is 41.0. The van der Waals surface area contributed by atoms with Gasteiger partial charge in [0, 0.05) is 6.42 Å². The number of carbonyl (C=O) groups is 1. The number of likely N-dealkylation sites (N-methyl/N-ethyl adjacent to an activating group) is 1. The Morgan fingerprint density at radius 1 is 0.429 bits per heavy atom. The molecule has 0 radical (unpaired) electrons. The molecule has 0 rings (SSSR count). The van der Waals surface area contributed by atoms with Crippen molar-refractivity contribution in [3.8, 4) is 0 Å². The van der Waals surface area contributed by atoms with Gasteiger partial charge in [0.2, 0.25) is 5.91 Å². The summed E-state index contributed by atoms with van der Waals surface area (Å²) in [6.45, 7) is 4.64. The number of quaternary nitrogens is 1. The number of hydrogen-bond donors (Lipinski definition) is 2. The monoisotopic (exact) mass is 1190 g/mol. The topological polar surface area (TPSA) is 108 Å². The Morgan fingerprint density at radius 2 is 0.726 bits per heavy atom. The van der Waals surface area contributed by atoms with Crippen LogP contribution in [0.25, 0.3) is 0 Å². The molecule has 0 heterocycles. The van der Waals surface area contributed by atoms with Gasteiger partial charge < -0.3 is 28.8 Å². The van der Waals surface area contributed by atoms with Gasteiger partial charge in [0.15, 0.2) is 0 Å². The largest absolute Gasteiger partial charge is 0.756 e. The van der Waals surface area contributed by atoms with Gasteiger partial charge in [-0.05, 0) is 77.0 Å². The third-order valence-electron chi connectivity index (χ3n) is 15.8. The zero-order valence-electron chi connectivity index (χ0n) is 55.8. The number of phosphoric ester groups is 1. The molecule has 3 atom stereocenters. The van der Waals surface area contributed by atoms with Crippen molar-refractivity contribution in [2.75, 3.05) is 40.9 Å². The number of nitrogens with zero attached hydrogens (tertiary/aromatic N) is 1. The number of allylic oxidation sites excluding steroid dienone is 16. The third kappa shape index (κ3) is 66.9. The van der Waals surface area contributed by atoms with Crippen molar-refractivity contribution < 1.29 is 32.9 Å². The second-order valence-corrected chi connectivity index (χ2v) is 26.6. The Balaban J connectivity index is 3.99. The molecule has 0 saturated heterocycles. The summed E-state index contributed by atoms with van der Waals surface area (Å²) in [7, 11) is 1.31. The van der Waals surface area contributed by atoms with Crippen LogP contribution in [0.1, 0.15) is 322 Å². The van der Waals surface area contributed by atoms with Crippen molar-refractivity contribution in [2.45, 2.75) is 334 Å². The molecule has 0 aromatic heterocycles. The highest BCUT2D eigenvalue weighted by atomic mass is 31.2. The van der Waals surface area contributed by atoms with Gasteiger partial charge >= 0.3 is 0 Å². The molecule has 0 fully saturated rings. The zero-order valence-corrected chi connectivity index (χ0v) is 56.7. The normalized spacial score (nSPS) is 14.2. The summed E-state index contributed by atoms with van der Waals surface area (Å²) in [5, 5.41) is 14.1. The average Bonchev–Trinajstić information content (AvgIpc) is 3.56. The van der Waals surface area contributed by atoms with E-state index in [1.54, 1.807) is 0 Å². The number of amides is 1. The zero-order chi connectivity index (χ0) is 61.2. The van der Waals surface area contributed by atoms with E-state index in [4.69, 9.17) is 9.05 Å². The van der Waals surface area contributed by atoms with Gasteiger partial charge in [-0.15, -0.1) is 0 Å². The van der Waals surface area contributed by atoms with Crippen LogP contribution >= 0.6 is 7.82 Å². The number of aliphatic hydroxyl groups excluding tert-OH is 1. The molecule has 0 aromatic carbocycles. The van der Waals surface area contributed by atoms with Crippen molar-refractivity contribution in [3.05, 3.63) is 97.2 Å². The van der Waals surface area contributed by atoms with Gasteiger partial charge in [0.25, 0.3) is 7.82 Å². The number of rotatable bonds is 65. The van der Waals surface area contributed by atoms with Gasteiger partial charge in [-0.25, -0.2) is 0 Å². The second kappa shape index (κ2) is 64.9. The lowest BCUT2D eigenvalue weighted by Crippen LogP contribution is -2.46. The van der Waals surface area contributed by atoms with E-state index in [9.17, 15) is 19.4 Å². The number of hydrogen-bond acceptors (Lipinski definition) is 6. The summed E-state index contributed by atoms with van der Waals surface area (Å²) in [6.07, 6.45) is 93.4. The molecule has 488 valence electrons. The predicted molar refractivity (Wildman–Crippen MR) is 366 cm³/mol. The first-order valence-corrected chi connectivity index (χ1v) is 37.0. The molecule has 8 nitrogen and oxygen atoms in total. The van der Waals surface area contributed by atoms with E-state index in [0.717, 1.165) is 89.9 Å². The lowest BCUT2D eigenvalue weighted by Gasteiger charge is -2.30. The van der Waals surface area contributed by atoms with Crippen LogP contribution in [0.3, 0.4) is 0 Å². The summed E-state index contributed by atoms with van der Waals surface area (Å²) >= 11 is 0. The maximum absolute atomic E-state index is 13.1. The maximum atomic E-state index is 13.1. The first-order valence-electron chi connectivity index (χ1n) is 35.6.